The van der Waals surface area contributed by atoms with Gasteiger partial charge in [-0.1, -0.05) is 0 Å². The van der Waals surface area contributed by atoms with Gasteiger partial charge >= 0.3 is 0 Å². The number of nitrogens with two attached hydrogens (primary N) is 1. The number of sulfonamides is 1. The summed E-state index contributed by atoms with van der Waals surface area (Å²) in [6.07, 6.45) is 3.57. The quantitative estimate of drug-likeness (QED) is 0.794. The van der Waals surface area contributed by atoms with Gasteiger partial charge in [0.2, 0.25) is 10.0 Å². The second-order valence-corrected chi connectivity index (χ2v) is 6.58. The lowest BCUT2D eigenvalue weighted by atomic mass is 10.1. The summed E-state index contributed by atoms with van der Waals surface area (Å²) >= 11 is 0. The number of hydrogen-bond donors (Lipinski definition) is 2. The first-order valence-corrected chi connectivity index (χ1v) is 8.05. The molecule has 0 bridgehead atoms. The fourth-order valence-electron chi connectivity index (χ4n) is 2.28. The van der Waals surface area contributed by atoms with Crippen LogP contribution in [0.2, 0.25) is 0 Å². The molecular formula is C12H19FN4O2S. The largest absolute Gasteiger partial charge is 0.329 e. The van der Waals surface area contributed by atoms with Crippen LogP contribution in [0.25, 0.3) is 0 Å². The average Bonchev–Trinajstić information content (AvgIpc) is 2.41. The molecule has 1 aliphatic rings. The highest BCUT2D eigenvalue weighted by molar-refractivity contribution is 7.89. The Kier molecular flexibility index (Phi) is 5.03. The van der Waals surface area contributed by atoms with Crippen molar-refractivity contribution >= 4 is 10.0 Å². The van der Waals surface area contributed by atoms with E-state index in [0.717, 1.165) is 50.9 Å². The molecule has 0 saturated carbocycles. The second-order valence-electron chi connectivity index (χ2n) is 4.86. The van der Waals surface area contributed by atoms with Gasteiger partial charge in [0.25, 0.3) is 0 Å². The number of pyridine rings is 1. The van der Waals surface area contributed by atoms with E-state index in [9.17, 15) is 12.8 Å². The third-order valence-electron chi connectivity index (χ3n) is 3.34. The molecule has 2 rings (SSSR count). The molecule has 0 radical (unpaired) electrons. The van der Waals surface area contributed by atoms with Gasteiger partial charge in [0.05, 0.1) is 6.20 Å². The molecule has 0 atom stereocenters. The Balaban J connectivity index is 1.96. The van der Waals surface area contributed by atoms with Gasteiger partial charge < -0.3 is 10.6 Å². The number of rotatable bonds is 5. The second kappa shape index (κ2) is 6.57. The standard InChI is InChI=1S/C12H19FN4O2S/c13-10-7-12(9-15-8-10)20(18,19)16-11-1-4-17(5-2-11)6-3-14/h7-9,11,16H,1-6,14H2. The van der Waals surface area contributed by atoms with Crippen molar-refractivity contribution in [2.45, 2.75) is 23.8 Å². The summed E-state index contributed by atoms with van der Waals surface area (Å²) in [7, 11) is -3.71. The highest BCUT2D eigenvalue weighted by Gasteiger charge is 2.24. The summed E-state index contributed by atoms with van der Waals surface area (Å²) in [6, 6.07) is 0.844. The Morgan fingerprint density at radius 2 is 2.10 bits per heavy atom. The fraction of sp³-hybridized carbons (Fsp3) is 0.583. The molecule has 1 aromatic rings. The SMILES string of the molecule is NCCN1CCC(NS(=O)(=O)c2cncc(F)c2)CC1. The monoisotopic (exact) mass is 302 g/mol. The molecule has 0 spiro atoms. The van der Waals surface area contributed by atoms with Crippen molar-refractivity contribution in [3.63, 3.8) is 0 Å². The minimum atomic E-state index is -3.71. The van der Waals surface area contributed by atoms with Crippen LogP contribution >= 0.6 is 0 Å². The summed E-state index contributed by atoms with van der Waals surface area (Å²) in [5.74, 6) is -0.661. The first-order chi connectivity index (χ1) is 9.51. The molecule has 20 heavy (non-hydrogen) atoms. The Hall–Kier alpha value is -1.09. The Bertz CT molecular complexity index is 544. The lowest BCUT2D eigenvalue weighted by Gasteiger charge is -2.31. The molecule has 0 unspecified atom stereocenters. The van der Waals surface area contributed by atoms with E-state index in [2.05, 4.69) is 14.6 Å². The molecule has 3 N–H and O–H groups in total. The summed E-state index contributed by atoms with van der Waals surface area (Å²) < 4.78 is 39.9. The zero-order chi connectivity index (χ0) is 14.6. The van der Waals surface area contributed by atoms with Crippen LogP contribution in [0.4, 0.5) is 4.39 Å². The summed E-state index contributed by atoms with van der Waals surface area (Å²) in [6.45, 7) is 3.05. The van der Waals surface area contributed by atoms with Gasteiger partial charge in [0.15, 0.2) is 0 Å². The van der Waals surface area contributed by atoms with Crippen LogP contribution in [-0.4, -0.2) is 50.5 Å². The van der Waals surface area contributed by atoms with E-state index in [0.29, 0.717) is 6.54 Å². The topological polar surface area (TPSA) is 88.3 Å². The van der Waals surface area contributed by atoms with Crippen molar-refractivity contribution in [2.75, 3.05) is 26.2 Å². The Morgan fingerprint density at radius 3 is 2.70 bits per heavy atom. The van der Waals surface area contributed by atoms with Gasteiger partial charge in [-0.3, -0.25) is 4.98 Å². The van der Waals surface area contributed by atoms with Crippen molar-refractivity contribution in [3.8, 4) is 0 Å². The maximum atomic E-state index is 13.0. The first-order valence-electron chi connectivity index (χ1n) is 6.56. The van der Waals surface area contributed by atoms with E-state index in [-0.39, 0.29) is 10.9 Å². The minimum absolute atomic E-state index is 0.128. The molecule has 0 amide bonds. The number of halogens is 1. The molecular weight excluding hydrogens is 283 g/mol. The third-order valence-corrected chi connectivity index (χ3v) is 4.83. The first kappa shape index (κ1) is 15.3. The number of nitrogens with one attached hydrogen (secondary N) is 1. The summed E-state index contributed by atoms with van der Waals surface area (Å²) in [5.41, 5.74) is 5.49. The smallest absolute Gasteiger partial charge is 0.242 e. The van der Waals surface area contributed by atoms with Crippen molar-refractivity contribution < 1.29 is 12.8 Å². The van der Waals surface area contributed by atoms with E-state index >= 15 is 0 Å². The van der Waals surface area contributed by atoms with Crippen LogP contribution in [0.5, 0.6) is 0 Å². The van der Waals surface area contributed by atoms with Crippen LogP contribution in [-0.2, 0) is 10.0 Å². The van der Waals surface area contributed by atoms with E-state index in [1.165, 1.54) is 0 Å². The third kappa shape index (κ3) is 3.95. The number of hydrogen-bond acceptors (Lipinski definition) is 5. The van der Waals surface area contributed by atoms with E-state index in [4.69, 9.17) is 5.73 Å². The van der Waals surface area contributed by atoms with Crippen LogP contribution in [0.15, 0.2) is 23.4 Å². The molecule has 1 saturated heterocycles. The molecule has 1 fully saturated rings. The van der Waals surface area contributed by atoms with Crippen molar-refractivity contribution in [1.82, 2.24) is 14.6 Å². The van der Waals surface area contributed by atoms with Gasteiger partial charge in [-0.05, 0) is 32.0 Å². The van der Waals surface area contributed by atoms with Crippen LogP contribution in [0.3, 0.4) is 0 Å². The average molecular weight is 302 g/mol. The van der Waals surface area contributed by atoms with Gasteiger partial charge in [-0.15, -0.1) is 0 Å². The molecule has 112 valence electrons. The molecule has 8 heteroatoms. The van der Waals surface area contributed by atoms with Gasteiger partial charge in [-0.2, -0.15) is 0 Å². The van der Waals surface area contributed by atoms with Gasteiger partial charge in [0, 0.05) is 25.3 Å². The predicted molar refractivity (Wildman–Crippen MR) is 73.0 cm³/mol. The molecule has 2 heterocycles. The van der Waals surface area contributed by atoms with E-state index in [1.54, 1.807) is 0 Å². The Morgan fingerprint density at radius 1 is 1.40 bits per heavy atom. The number of piperidine rings is 1. The molecule has 6 nitrogen and oxygen atoms in total. The zero-order valence-corrected chi connectivity index (χ0v) is 11.9. The predicted octanol–water partition coefficient (Wildman–Crippen LogP) is -0.0779. The van der Waals surface area contributed by atoms with Crippen LogP contribution in [0, 0.1) is 5.82 Å². The number of likely N-dealkylation sites (tertiary alicyclic amines) is 1. The van der Waals surface area contributed by atoms with Crippen LogP contribution < -0.4 is 10.5 Å². The maximum Gasteiger partial charge on any atom is 0.242 e. The lowest BCUT2D eigenvalue weighted by molar-refractivity contribution is 0.212. The summed E-state index contributed by atoms with van der Waals surface area (Å²) in [5, 5.41) is 0. The molecule has 1 aliphatic heterocycles. The van der Waals surface area contributed by atoms with E-state index in [1.807, 2.05) is 0 Å². The highest BCUT2D eigenvalue weighted by atomic mass is 32.2. The summed E-state index contributed by atoms with van der Waals surface area (Å²) in [4.78, 5) is 5.63. The van der Waals surface area contributed by atoms with Crippen molar-refractivity contribution in [3.05, 3.63) is 24.3 Å². The fourth-order valence-corrected chi connectivity index (χ4v) is 3.56. The lowest BCUT2D eigenvalue weighted by Crippen LogP contribution is -2.45. The van der Waals surface area contributed by atoms with E-state index < -0.39 is 15.8 Å². The van der Waals surface area contributed by atoms with Gasteiger partial charge in [-0.25, -0.2) is 17.5 Å². The maximum absolute atomic E-state index is 13.0. The minimum Gasteiger partial charge on any atom is -0.329 e. The normalized spacial score (nSPS) is 18.3. The molecule has 0 aliphatic carbocycles. The van der Waals surface area contributed by atoms with Crippen molar-refractivity contribution in [2.24, 2.45) is 5.73 Å². The van der Waals surface area contributed by atoms with Crippen molar-refractivity contribution in [1.29, 1.82) is 0 Å². The highest BCUT2D eigenvalue weighted by Crippen LogP contribution is 2.14. The number of nitrogens with zero attached hydrogens (tertiary/aromatic N) is 2. The zero-order valence-electron chi connectivity index (χ0n) is 11.1. The number of aromatic nitrogens is 1. The molecule has 0 aromatic carbocycles. The Labute approximate surface area is 118 Å². The van der Waals surface area contributed by atoms with Crippen LogP contribution in [0.1, 0.15) is 12.8 Å². The van der Waals surface area contributed by atoms with Gasteiger partial charge in [0.1, 0.15) is 10.7 Å². The molecule has 1 aromatic heterocycles.